The molecule has 2 atom stereocenters. The van der Waals surface area contributed by atoms with Crippen molar-refractivity contribution in [3.63, 3.8) is 0 Å². The summed E-state index contributed by atoms with van der Waals surface area (Å²) in [6, 6.07) is 9.28. The van der Waals surface area contributed by atoms with E-state index in [1.807, 2.05) is 37.4 Å². The van der Waals surface area contributed by atoms with Crippen LogP contribution in [0.15, 0.2) is 36.5 Å². The van der Waals surface area contributed by atoms with E-state index in [0.29, 0.717) is 18.0 Å². The van der Waals surface area contributed by atoms with Crippen LogP contribution in [0, 0.1) is 0 Å². The van der Waals surface area contributed by atoms with Gasteiger partial charge in [-0.1, -0.05) is 6.07 Å². The molecule has 1 aromatic carbocycles. The Bertz CT molecular complexity index is 884. The number of rotatable bonds is 4. The molecule has 8 nitrogen and oxygen atoms in total. The third kappa shape index (κ3) is 3.14. The molecule has 27 heavy (non-hydrogen) atoms. The van der Waals surface area contributed by atoms with Crippen molar-refractivity contribution in [2.24, 2.45) is 0 Å². The third-order valence-electron chi connectivity index (χ3n) is 4.74. The van der Waals surface area contributed by atoms with Crippen LogP contribution in [0.5, 0.6) is 5.75 Å². The number of nitrogens with one attached hydrogen (secondary N) is 2. The second-order valence-corrected chi connectivity index (χ2v) is 6.47. The van der Waals surface area contributed by atoms with Gasteiger partial charge in [0.05, 0.1) is 12.2 Å². The normalized spacial score (nSPS) is 20.2. The van der Waals surface area contributed by atoms with Gasteiger partial charge < -0.3 is 20.1 Å². The molecule has 8 heteroatoms. The molecule has 140 valence electrons. The molecule has 1 fully saturated rings. The molecule has 0 unspecified atom stereocenters. The Morgan fingerprint density at radius 2 is 2.11 bits per heavy atom. The molecule has 0 saturated carbocycles. The fourth-order valence-electron chi connectivity index (χ4n) is 3.34. The summed E-state index contributed by atoms with van der Waals surface area (Å²) in [5.74, 6) is 1.25. The van der Waals surface area contributed by atoms with Gasteiger partial charge in [0.15, 0.2) is 0 Å². The highest BCUT2D eigenvalue weighted by molar-refractivity contribution is 5.94. The minimum Gasteiger partial charge on any atom is -0.489 e. The topological polar surface area (TPSA) is 92.8 Å². The van der Waals surface area contributed by atoms with Gasteiger partial charge >= 0.3 is 6.09 Å². The predicted molar refractivity (Wildman–Crippen MR) is 99.9 cm³/mol. The summed E-state index contributed by atoms with van der Waals surface area (Å²) in [5, 5.41) is 5.68. The lowest BCUT2D eigenvalue weighted by Gasteiger charge is -2.31. The molecule has 0 radical (unpaired) electrons. The van der Waals surface area contributed by atoms with Crippen molar-refractivity contribution in [1.29, 1.82) is 0 Å². The van der Waals surface area contributed by atoms with Crippen molar-refractivity contribution in [3.8, 4) is 16.9 Å². The number of cyclic esters (lactones) is 1. The Balaban J connectivity index is 1.59. The molecule has 3 heterocycles. The summed E-state index contributed by atoms with van der Waals surface area (Å²) in [6.45, 7) is 2.01. The first-order valence-corrected chi connectivity index (χ1v) is 8.72. The number of aromatic nitrogens is 1. The Morgan fingerprint density at radius 1 is 1.30 bits per heavy atom. The van der Waals surface area contributed by atoms with E-state index in [4.69, 9.17) is 9.47 Å². The van der Waals surface area contributed by atoms with E-state index in [0.717, 1.165) is 16.9 Å². The SMILES string of the molecule is CNc1ccc(-c2ccc3c(c2)OC[C@H]2[C@H](CNC(C)=O)OC(=O)N32)cn1. The van der Waals surface area contributed by atoms with Gasteiger partial charge in [0.2, 0.25) is 5.91 Å². The van der Waals surface area contributed by atoms with Gasteiger partial charge in [-0.2, -0.15) is 0 Å². The number of carbonyl (C=O) groups excluding carboxylic acids is 2. The number of hydrogen-bond acceptors (Lipinski definition) is 6. The fourth-order valence-corrected chi connectivity index (χ4v) is 3.34. The summed E-state index contributed by atoms with van der Waals surface area (Å²) < 4.78 is 11.3. The smallest absolute Gasteiger partial charge is 0.415 e. The van der Waals surface area contributed by atoms with Gasteiger partial charge in [0.1, 0.15) is 30.3 Å². The molecular weight excluding hydrogens is 348 g/mol. The van der Waals surface area contributed by atoms with Crippen LogP contribution in [0.4, 0.5) is 16.3 Å². The van der Waals surface area contributed by atoms with E-state index in [1.165, 1.54) is 6.92 Å². The molecule has 0 bridgehead atoms. The summed E-state index contributed by atoms with van der Waals surface area (Å²) in [6.07, 6.45) is 0.924. The molecule has 4 rings (SSSR count). The first-order chi connectivity index (χ1) is 13.1. The first-order valence-electron chi connectivity index (χ1n) is 8.72. The van der Waals surface area contributed by atoms with Crippen molar-refractivity contribution in [1.82, 2.24) is 10.3 Å². The van der Waals surface area contributed by atoms with Crippen LogP contribution in [0.2, 0.25) is 0 Å². The summed E-state index contributed by atoms with van der Waals surface area (Å²) in [5.41, 5.74) is 2.57. The number of benzene rings is 1. The Kier molecular flexibility index (Phi) is 4.31. The largest absolute Gasteiger partial charge is 0.489 e. The number of amides is 2. The van der Waals surface area contributed by atoms with Gasteiger partial charge in [0, 0.05) is 25.7 Å². The average molecular weight is 368 g/mol. The van der Waals surface area contributed by atoms with E-state index in [-0.39, 0.29) is 18.5 Å². The van der Waals surface area contributed by atoms with Crippen molar-refractivity contribution in [2.45, 2.75) is 19.1 Å². The average Bonchev–Trinajstić information content (AvgIpc) is 3.02. The van der Waals surface area contributed by atoms with Gasteiger partial charge in [-0.05, 0) is 29.8 Å². The molecule has 2 amide bonds. The number of hydrogen-bond donors (Lipinski definition) is 2. The second-order valence-electron chi connectivity index (χ2n) is 6.47. The monoisotopic (exact) mass is 368 g/mol. The summed E-state index contributed by atoms with van der Waals surface area (Å²) in [4.78, 5) is 29.5. The molecule has 1 aromatic heterocycles. The molecule has 0 aliphatic carbocycles. The summed E-state index contributed by atoms with van der Waals surface area (Å²) in [7, 11) is 1.82. The van der Waals surface area contributed by atoms with Gasteiger partial charge in [-0.25, -0.2) is 9.78 Å². The van der Waals surface area contributed by atoms with E-state index in [9.17, 15) is 9.59 Å². The van der Waals surface area contributed by atoms with Crippen LogP contribution < -0.4 is 20.3 Å². The minimum atomic E-state index is -0.437. The zero-order chi connectivity index (χ0) is 19.0. The quantitative estimate of drug-likeness (QED) is 0.858. The lowest BCUT2D eigenvalue weighted by Crippen LogP contribution is -2.47. The molecule has 2 aliphatic heterocycles. The molecule has 2 aromatic rings. The van der Waals surface area contributed by atoms with Crippen LogP contribution in [0.25, 0.3) is 11.1 Å². The number of pyridine rings is 1. The highest BCUT2D eigenvalue weighted by Gasteiger charge is 2.46. The van der Waals surface area contributed by atoms with Crippen molar-refractivity contribution >= 4 is 23.5 Å². The van der Waals surface area contributed by atoms with Crippen molar-refractivity contribution in [3.05, 3.63) is 36.5 Å². The maximum Gasteiger partial charge on any atom is 0.415 e. The standard InChI is InChI=1S/C19H20N4O4/c1-11(24)21-9-17-15-10-26-16-7-12(13-4-6-18(20-2)22-8-13)3-5-14(16)23(15)19(25)27-17/h3-8,15,17H,9-10H2,1-2H3,(H,20,22)(H,21,24)/t15-,17-/m0/s1. The van der Waals surface area contributed by atoms with E-state index in [1.54, 1.807) is 11.1 Å². The molecule has 1 saturated heterocycles. The second kappa shape index (κ2) is 6.79. The highest BCUT2D eigenvalue weighted by atomic mass is 16.6. The Labute approximate surface area is 156 Å². The third-order valence-corrected chi connectivity index (χ3v) is 4.74. The maximum absolute atomic E-state index is 12.4. The van der Waals surface area contributed by atoms with Crippen LogP contribution in [0.3, 0.4) is 0 Å². The molecule has 0 spiro atoms. The van der Waals surface area contributed by atoms with Crippen molar-refractivity contribution < 1.29 is 19.1 Å². The van der Waals surface area contributed by atoms with Gasteiger partial charge in [0.25, 0.3) is 0 Å². The van der Waals surface area contributed by atoms with E-state index >= 15 is 0 Å². The molecule has 2 aliphatic rings. The van der Waals surface area contributed by atoms with Crippen LogP contribution in [-0.2, 0) is 9.53 Å². The fraction of sp³-hybridized carbons (Fsp3) is 0.316. The van der Waals surface area contributed by atoms with Crippen LogP contribution >= 0.6 is 0 Å². The van der Waals surface area contributed by atoms with Crippen LogP contribution in [0.1, 0.15) is 6.92 Å². The van der Waals surface area contributed by atoms with E-state index in [2.05, 4.69) is 15.6 Å². The lowest BCUT2D eigenvalue weighted by atomic mass is 10.0. The Hall–Kier alpha value is -3.29. The number of fused-ring (bicyclic) bond motifs is 3. The molecule has 2 N–H and O–H groups in total. The molecular formula is C19H20N4O4. The zero-order valence-corrected chi connectivity index (χ0v) is 15.1. The lowest BCUT2D eigenvalue weighted by molar-refractivity contribution is -0.119. The van der Waals surface area contributed by atoms with Crippen LogP contribution in [-0.4, -0.2) is 49.3 Å². The van der Waals surface area contributed by atoms with Gasteiger partial charge in [-0.3, -0.25) is 9.69 Å². The number of anilines is 2. The minimum absolute atomic E-state index is 0.163. The van der Waals surface area contributed by atoms with E-state index < -0.39 is 12.2 Å². The zero-order valence-electron chi connectivity index (χ0n) is 15.1. The highest BCUT2D eigenvalue weighted by Crippen LogP contribution is 2.40. The first kappa shape index (κ1) is 17.1. The predicted octanol–water partition coefficient (Wildman–Crippen LogP) is 2.01. The number of ether oxygens (including phenoxy) is 2. The maximum atomic E-state index is 12.4. The number of carbonyl (C=O) groups is 2. The van der Waals surface area contributed by atoms with Crippen molar-refractivity contribution in [2.75, 3.05) is 30.4 Å². The van der Waals surface area contributed by atoms with Gasteiger partial charge in [-0.15, -0.1) is 0 Å². The number of nitrogens with zero attached hydrogens (tertiary/aromatic N) is 2. The summed E-state index contributed by atoms with van der Waals surface area (Å²) >= 11 is 0. The Morgan fingerprint density at radius 3 is 2.81 bits per heavy atom.